The van der Waals surface area contributed by atoms with Gasteiger partial charge in [0.15, 0.2) is 0 Å². The number of anilines is 1. The molecule has 1 aliphatic rings. The Morgan fingerprint density at radius 3 is 2.76 bits per heavy atom. The van der Waals surface area contributed by atoms with Gasteiger partial charge in [0.25, 0.3) is 0 Å². The highest BCUT2D eigenvalue weighted by Crippen LogP contribution is 2.18. The number of amides is 3. The molecule has 3 amide bonds. The highest BCUT2D eigenvalue weighted by atomic mass is 16.4. The lowest BCUT2D eigenvalue weighted by Gasteiger charge is -2.33. The Labute approximate surface area is 120 Å². The Bertz CT molecular complexity index is 575. The minimum Gasteiger partial charge on any atom is -0.478 e. The van der Waals surface area contributed by atoms with E-state index in [4.69, 9.17) is 10.8 Å². The first-order chi connectivity index (χ1) is 9.99. The molecule has 1 atom stereocenters. The SMILES string of the molecule is NC(=O)C1CCCCN1C(=O)Nc1cncc(C(=O)O)c1. The maximum atomic E-state index is 12.2. The van der Waals surface area contributed by atoms with Crippen molar-refractivity contribution in [2.45, 2.75) is 25.3 Å². The number of nitrogens with two attached hydrogens (primary N) is 1. The second-order valence-corrected chi connectivity index (χ2v) is 4.80. The number of carbonyl (C=O) groups is 3. The summed E-state index contributed by atoms with van der Waals surface area (Å²) in [7, 11) is 0. The third kappa shape index (κ3) is 3.47. The molecule has 0 spiro atoms. The topological polar surface area (TPSA) is 126 Å². The van der Waals surface area contributed by atoms with Crippen LogP contribution < -0.4 is 11.1 Å². The van der Waals surface area contributed by atoms with Crippen LogP contribution in [-0.4, -0.2) is 45.5 Å². The first kappa shape index (κ1) is 14.8. The predicted molar refractivity (Wildman–Crippen MR) is 73.8 cm³/mol. The number of nitrogens with zero attached hydrogens (tertiary/aromatic N) is 2. The van der Waals surface area contributed by atoms with Crippen molar-refractivity contribution in [1.82, 2.24) is 9.88 Å². The van der Waals surface area contributed by atoms with Gasteiger partial charge >= 0.3 is 12.0 Å². The molecule has 8 heteroatoms. The van der Waals surface area contributed by atoms with E-state index in [-0.39, 0.29) is 11.3 Å². The number of likely N-dealkylation sites (tertiary alicyclic amines) is 1. The van der Waals surface area contributed by atoms with Crippen molar-refractivity contribution in [3.63, 3.8) is 0 Å². The van der Waals surface area contributed by atoms with Crippen molar-refractivity contribution in [1.29, 1.82) is 0 Å². The molecule has 1 unspecified atom stereocenters. The molecule has 1 saturated heterocycles. The van der Waals surface area contributed by atoms with Crippen molar-refractivity contribution < 1.29 is 19.5 Å². The fourth-order valence-corrected chi connectivity index (χ4v) is 2.29. The summed E-state index contributed by atoms with van der Waals surface area (Å²) in [5, 5.41) is 11.4. The van der Waals surface area contributed by atoms with E-state index < -0.39 is 23.9 Å². The van der Waals surface area contributed by atoms with Crippen LogP contribution in [-0.2, 0) is 4.79 Å². The maximum absolute atomic E-state index is 12.2. The van der Waals surface area contributed by atoms with Gasteiger partial charge in [-0.15, -0.1) is 0 Å². The van der Waals surface area contributed by atoms with E-state index in [9.17, 15) is 14.4 Å². The van der Waals surface area contributed by atoms with Gasteiger partial charge in [-0.1, -0.05) is 0 Å². The smallest absolute Gasteiger partial charge is 0.337 e. The fraction of sp³-hybridized carbons (Fsp3) is 0.385. The van der Waals surface area contributed by atoms with E-state index in [1.807, 2.05) is 0 Å². The van der Waals surface area contributed by atoms with Gasteiger partial charge in [0, 0.05) is 12.7 Å². The predicted octanol–water partition coefficient (Wildman–Crippen LogP) is 0.651. The van der Waals surface area contributed by atoms with Gasteiger partial charge in [0.05, 0.1) is 17.4 Å². The van der Waals surface area contributed by atoms with Crippen LogP contribution in [0.25, 0.3) is 0 Å². The number of hydrogen-bond acceptors (Lipinski definition) is 4. The van der Waals surface area contributed by atoms with E-state index in [2.05, 4.69) is 10.3 Å². The molecule has 1 aromatic rings. The molecule has 112 valence electrons. The second-order valence-electron chi connectivity index (χ2n) is 4.80. The first-order valence-corrected chi connectivity index (χ1v) is 6.54. The lowest BCUT2D eigenvalue weighted by atomic mass is 10.0. The summed E-state index contributed by atoms with van der Waals surface area (Å²) in [6.07, 6.45) is 4.70. The first-order valence-electron chi connectivity index (χ1n) is 6.54. The van der Waals surface area contributed by atoms with E-state index in [1.54, 1.807) is 0 Å². The Hall–Kier alpha value is -2.64. The quantitative estimate of drug-likeness (QED) is 0.754. The number of rotatable bonds is 3. The monoisotopic (exact) mass is 292 g/mol. The average Bonchev–Trinajstić information content (AvgIpc) is 2.47. The van der Waals surface area contributed by atoms with Crippen LogP contribution in [0, 0.1) is 0 Å². The Morgan fingerprint density at radius 1 is 1.33 bits per heavy atom. The summed E-state index contributed by atoms with van der Waals surface area (Å²) >= 11 is 0. The van der Waals surface area contributed by atoms with Crippen LogP contribution in [0.15, 0.2) is 18.5 Å². The summed E-state index contributed by atoms with van der Waals surface area (Å²) in [4.78, 5) is 39.6. The summed E-state index contributed by atoms with van der Waals surface area (Å²) < 4.78 is 0. The molecular formula is C13H16N4O4. The van der Waals surface area contributed by atoms with Gasteiger partial charge in [-0.2, -0.15) is 0 Å². The largest absolute Gasteiger partial charge is 0.478 e. The average molecular weight is 292 g/mol. The number of primary amides is 1. The van der Waals surface area contributed by atoms with Crippen molar-refractivity contribution >= 4 is 23.6 Å². The van der Waals surface area contributed by atoms with E-state index >= 15 is 0 Å². The van der Waals surface area contributed by atoms with Gasteiger partial charge in [0.2, 0.25) is 5.91 Å². The number of aromatic nitrogens is 1. The van der Waals surface area contributed by atoms with Crippen LogP contribution in [0.2, 0.25) is 0 Å². The van der Waals surface area contributed by atoms with E-state index in [0.29, 0.717) is 13.0 Å². The summed E-state index contributed by atoms with van der Waals surface area (Å²) in [6.45, 7) is 0.436. The molecule has 8 nitrogen and oxygen atoms in total. The Kier molecular flexibility index (Phi) is 4.36. The lowest BCUT2D eigenvalue weighted by molar-refractivity contribution is -0.123. The van der Waals surface area contributed by atoms with Crippen LogP contribution in [0.3, 0.4) is 0 Å². The summed E-state index contributed by atoms with van der Waals surface area (Å²) in [5.41, 5.74) is 5.53. The number of carboxylic acid groups (broad SMARTS) is 1. The standard InChI is InChI=1S/C13H16N4O4/c14-11(18)10-3-1-2-4-17(10)13(21)16-9-5-8(12(19)20)6-15-7-9/h5-7,10H,1-4H2,(H2,14,18)(H,16,21)(H,19,20). The summed E-state index contributed by atoms with van der Waals surface area (Å²) in [6, 6.07) is 0.188. The number of urea groups is 1. The normalized spacial score (nSPS) is 18.1. The number of aromatic carboxylic acids is 1. The Balaban J connectivity index is 2.11. The number of nitrogens with one attached hydrogen (secondary N) is 1. The number of carboxylic acids is 1. The molecule has 4 N–H and O–H groups in total. The van der Waals surface area contributed by atoms with Gasteiger partial charge in [-0.3, -0.25) is 9.78 Å². The molecule has 0 radical (unpaired) electrons. The van der Waals surface area contributed by atoms with Gasteiger partial charge < -0.3 is 21.1 Å². The van der Waals surface area contributed by atoms with Crippen LogP contribution >= 0.6 is 0 Å². The summed E-state index contributed by atoms with van der Waals surface area (Å²) in [5.74, 6) is -1.67. The molecule has 2 heterocycles. The van der Waals surface area contributed by atoms with Gasteiger partial charge in [0.1, 0.15) is 6.04 Å². The number of pyridine rings is 1. The molecule has 0 aromatic carbocycles. The molecule has 0 aliphatic carbocycles. The van der Waals surface area contributed by atoms with Crippen LogP contribution in [0.5, 0.6) is 0 Å². The zero-order chi connectivity index (χ0) is 15.4. The van der Waals surface area contributed by atoms with Crippen molar-refractivity contribution in [3.8, 4) is 0 Å². The third-order valence-corrected chi connectivity index (χ3v) is 3.33. The van der Waals surface area contributed by atoms with Crippen LogP contribution in [0.1, 0.15) is 29.6 Å². The molecule has 0 bridgehead atoms. The number of carbonyl (C=O) groups excluding carboxylic acids is 2. The molecule has 21 heavy (non-hydrogen) atoms. The van der Waals surface area contributed by atoms with E-state index in [0.717, 1.165) is 12.8 Å². The zero-order valence-electron chi connectivity index (χ0n) is 11.3. The van der Waals surface area contributed by atoms with Crippen molar-refractivity contribution in [2.24, 2.45) is 5.73 Å². The molecule has 1 fully saturated rings. The molecule has 2 rings (SSSR count). The van der Waals surface area contributed by atoms with Crippen molar-refractivity contribution in [3.05, 3.63) is 24.0 Å². The minimum absolute atomic E-state index is 0.0297. The second kappa shape index (κ2) is 6.21. The van der Waals surface area contributed by atoms with Gasteiger partial charge in [-0.25, -0.2) is 9.59 Å². The van der Waals surface area contributed by atoms with Crippen molar-refractivity contribution in [2.75, 3.05) is 11.9 Å². The van der Waals surface area contributed by atoms with Gasteiger partial charge in [-0.05, 0) is 25.3 Å². The number of hydrogen-bond donors (Lipinski definition) is 3. The molecule has 1 aromatic heterocycles. The number of piperidine rings is 1. The minimum atomic E-state index is -1.13. The molecule has 0 saturated carbocycles. The highest BCUT2D eigenvalue weighted by molar-refractivity contribution is 5.95. The van der Waals surface area contributed by atoms with E-state index in [1.165, 1.54) is 23.4 Å². The maximum Gasteiger partial charge on any atom is 0.337 e. The fourth-order valence-electron chi connectivity index (χ4n) is 2.29. The lowest BCUT2D eigenvalue weighted by Crippen LogP contribution is -2.51. The van der Waals surface area contributed by atoms with Crippen LogP contribution in [0.4, 0.5) is 10.5 Å². The molecular weight excluding hydrogens is 276 g/mol. The Morgan fingerprint density at radius 2 is 2.10 bits per heavy atom. The highest BCUT2D eigenvalue weighted by Gasteiger charge is 2.30. The third-order valence-electron chi connectivity index (χ3n) is 3.33. The molecule has 1 aliphatic heterocycles. The zero-order valence-corrected chi connectivity index (χ0v) is 11.3.